The fourth-order valence-electron chi connectivity index (χ4n) is 2.99. The van der Waals surface area contributed by atoms with Gasteiger partial charge in [-0.3, -0.25) is 4.79 Å². The van der Waals surface area contributed by atoms with Crippen LogP contribution in [-0.2, 0) is 9.53 Å². The van der Waals surface area contributed by atoms with E-state index in [9.17, 15) is 14.4 Å². The van der Waals surface area contributed by atoms with Crippen LogP contribution in [0.5, 0.6) is 0 Å². The van der Waals surface area contributed by atoms with E-state index in [1.165, 1.54) is 25.7 Å². The maximum Gasteiger partial charge on any atom is 0.407 e. The molecule has 4 amide bonds. The summed E-state index contributed by atoms with van der Waals surface area (Å²) in [6.07, 6.45) is 6.04. The number of urea groups is 1. The van der Waals surface area contributed by atoms with Gasteiger partial charge < -0.3 is 26.0 Å². The molecule has 162 valence electrons. The van der Waals surface area contributed by atoms with Gasteiger partial charge in [-0.25, -0.2) is 9.59 Å². The van der Waals surface area contributed by atoms with Crippen LogP contribution in [0, 0.1) is 0 Å². The number of fused-ring (bicyclic) bond motifs is 1. The molecule has 3 atom stereocenters. The molecule has 2 aliphatic heterocycles. The van der Waals surface area contributed by atoms with Gasteiger partial charge >= 0.3 is 12.1 Å². The molecule has 2 rings (SSSR count). The third-order valence-electron chi connectivity index (χ3n) is 4.28. The van der Waals surface area contributed by atoms with E-state index >= 15 is 0 Å². The topological polar surface area (TPSA) is 109 Å². The summed E-state index contributed by atoms with van der Waals surface area (Å²) in [7, 11) is 0. The monoisotopic (exact) mass is 416 g/mol. The second kappa shape index (κ2) is 12.7. The van der Waals surface area contributed by atoms with Gasteiger partial charge in [0, 0.05) is 24.1 Å². The number of alkyl carbamates (subject to hydrolysis) is 1. The quantitative estimate of drug-likeness (QED) is 0.262. The van der Waals surface area contributed by atoms with Gasteiger partial charge in [0.15, 0.2) is 0 Å². The highest BCUT2D eigenvalue weighted by Gasteiger charge is 2.42. The van der Waals surface area contributed by atoms with Gasteiger partial charge in [-0.05, 0) is 33.6 Å². The van der Waals surface area contributed by atoms with E-state index in [1.54, 1.807) is 20.8 Å². The number of ether oxygens (including phenoxy) is 1. The summed E-state index contributed by atoms with van der Waals surface area (Å²) in [6.45, 7) is 8.69. The van der Waals surface area contributed by atoms with Gasteiger partial charge in [-0.2, -0.15) is 11.8 Å². The lowest BCUT2D eigenvalue weighted by Crippen LogP contribution is -2.36. The van der Waals surface area contributed by atoms with E-state index < -0.39 is 11.7 Å². The predicted molar refractivity (Wildman–Crippen MR) is 113 cm³/mol. The van der Waals surface area contributed by atoms with Crippen molar-refractivity contribution in [3.05, 3.63) is 0 Å². The second-order valence-corrected chi connectivity index (χ2v) is 9.24. The number of thioether (sulfide) groups is 1. The lowest BCUT2D eigenvalue weighted by molar-refractivity contribution is -0.109. The molecular formula is C19H36N4O4S. The second-order valence-electron chi connectivity index (χ2n) is 7.97. The fourth-order valence-corrected chi connectivity index (χ4v) is 4.54. The zero-order chi connectivity index (χ0) is 21.0. The fraction of sp³-hybridized carbons (Fsp3) is 0.842. The Morgan fingerprint density at radius 1 is 1.25 bits per heavy atom. The lowest BCUT2D eigenvalue weighted by atomic mass is 10.0. The molecule has 8 nitrogen and oxygen atoms in total. The highest BCUT2D eigenvalue weighted by molar-refractivity contribution is 8.00. The summed E-state index contributed by atoms with van der Waals surface area (Å²) in [5.41, 5.74) is -0.467. The molecule has 4 N–H and O–H groups in total. The van der Waals surface area contributed by atoms with Gasteiger partial charge in [-0.15, -0.1) is 0 Å². The molecule has 2 aliphatic rings. The van der Waals surface area contributed by atoms with E-state index in [0.29, 0.717) is 43.3 Å². The third-order valence-corrected chi connectivity index (χ3v) is 5.79. The molecule has 0 aromatic carbocycles. The molecule has 2 saturated heterocycles. The number of rotatable bonds is 9. The summed E-state index contributed by atoms with van der Waals surface area (Å²) < 4.78 is 5.00. The van der Waals surface area contributed by atoms with E-state index in [0.717, 1.165) is 5.75 Å². The van der Waals surface area contributed by atoms with E-state index in [-0.39, 0.29) is 6.03 Å². The summed E-state index contributed by atoms with van der Waals surface area (Å²) in [4.78, 5) is 32.0. The van der Waals surface area contributed by atoms with Crippen LogP contribution in [0.1, 0.15) is 59.8 Å². The first-order valence-corrected chi connectivity index (χ1v) is 11.1. The largest absolute Gasteiger partial charge is 0.444 e. The Morgan fingerprint density at radius 2 is 2.00 bits per heavy atom. The van der Waals surface area contributed by atoms with Crippen molar-refractivity contribution >= 4 is 30.3 Å². The first-order valence-electron chi connectivity index (χ1n) is 10.1. The molecule has 0 aliphatic carbocycles. The Balaban J connectivity index is 0.000000280. The Kier molecular flexibility index (Phi) is 11.1. The molecule has 2 fully saturated rings. The molecule has 3 unspecified atom stereocenters. The molecule has 9 heteroatoms. The molecule has 2 heterocycles. The number of hydrogen-bond donors (Lipinski definition) is 4. The summed E-state index contributed by atoms with van der Waals surface area (Å²) in [5, 5.41) is 11.7. The van der Waals surface area contributed by atoms with Crippen molar-refractivity contribution in [2.45, 2.75) is 82.7 Å². The van der Waals surface area contributed by atoms with Crippen LogP contribution in [0.15, 0.2) is 0 Å². The van der Waals surface area contributed by atoms with Crippen molar-refractivity contribution in [2.24, 2.45) is 0 Å². The van der Waals surface area contributed by atoms with Gasteiger partial charge in [0.05, 0.1) is 12.1 Å². The molecular weight excluding hydrogens is 380 g/mol. The predicted octanol–water partition coefficient (Wildman–Crippen LogP) is 2.38. The number of carbonyl (C=O) groups is 3. The number of nitrogens with one attached hydrogen (secondary N) is 4. The third kappa shape index (κ3) is 10.1. The Hall–Kier alpha value is -1.64. The highest BCUT2D eigenvalue weighted by atomic mass is 32.2. The molecule has 0 spiro atoms. The van der Waals surface area contributed by atoms with Gasteiger partial charge in [0.1, 0.15) is 5.60 Å². The first-order chi connectivity index (χ1) is 13.3. The van der Waals surface area contributed by atoms with Crippen molar-refractivity contribution in [2.75, 3.05) is 18.8 Å². The van der Waals surface area contributed by atoms with Gasteiger partial charge in [-0.1, -0.05) is 26.2 Å². The first kappa shape index (κ1) is 24.4. The Morgan fingerprint density at radius 3 is 2.64 bits per heavy atom. The van der Waals surface area contributed by atoms with Gasteiger partial charge in [0.2, 0.25) is 6.41 Å². The molecule has 0 saturated carbocycles. The molecule has 0 bridgehead atoms. The molecule has 0 aromatic rings. The minimum Gasteiger partial charge on any atom is -0.444 e. The number of unbranched alkanes of at least 4 members (excludes halogenated alkanes) is 2. The summed E-state index contributed by atoms with van der Waals surface area (Å²) in [5.74, 6) is 1.08. The van der Waals surface area contributed by atoms with Crippen LogP contribution < -0.4 is 21.3 Å². The lowest BCUT2D eigenvalue weighted by Gasteiger charge is -2.19. The SMILES string of the molecule is CC(C)(C)OC(=O)NCCCNC=O.CCCCCC1SCC2NC(=O)NC21. The van der Waals surface area contributed by atoms with Crippen molar-refractivity contribution in [3.8, 4) is 0 Å². The van der Waals surface area contributed by atoms with E-state index in [1.807, 2.05) is 11.8 Å². The van der Waals surface area contributed by atoms with Crippen LogP contribution in [0.4, 0.5) is 9.59 Å². The standard InChI is InChI=1S/C10H18N2OS.C9H18N2O3/c1-2-3-4-5-8-9-7(6-14-8)11-10(13)12-9;1-9(2,3)14-8(13)11-6-4-5-10-7-12/h7-9H,2-6H2,1H3,(H2,11,12,13);7H,4-6H2,1-3H3,(H,10,12)(H,11,13). The number of carbonyl (C=O) groups excluding carboxylic acids is 3. The molecule has 28 heavy (non-hydrogen) atoms. The summed E-state index contributed by atoms with van der Waals surface area (Å²) in [6, 6.07) is 0.810. The average Bonchev–Trinajstić information content (AvgIpc) is 3.14. The molecule has 0 radical (unpaired) electrons. The van der Waals surface area contributed by atoms with Gasteiger partial charge in [0.25, 0.3) is 0 Å². The van der Waals surface area contributed by atoms with Crippen LogP contribution in [0.2, 0.25) is 0 Å². The van der Waals surface area contributed by atoms with Crippen LogP contribution in [0.25, 0.3) is 0 Å². The zero-order valence-electron chi connectivity index (χ0n) is 17.5. The minimum absolute atomic E-state index is 0.0285. The Labute approximate surface area is 172 Å². The highest BCUT2D eigenvalue weighted by Crippen LogP contribution is 2.33. The Bertz CT molecular complexity index is 499. The minimum atomic E-state index is -0.467. The number of hydrogen-bond acceptors (Lipinski definition) is 5. The van der Waals surface area contributed by atoms with E-state index in [2.05, 4.69) is 28.2 Å². The maximum atomic E-state index is 11.1. The average molecular weight is 417 g/mol. The van der Waals surface area contributed by atoms with Crippen molar-refractivity contribution < 1.29 is 19.1 Å². The van der Waals surface area contributed by atoms with Crippen LogP contribution in [0.3, 0.4) is 0 Å². The smallest absolute Gasteiger partial charge is 0.407 e. The zero-order valence-corrected chi connectivity index (χ0v) is 18.3. The van der Waals surface area contributed by atoms with E-state index in [4.69, 9.17) is 4.74 Å². The summed E-state index contributed by atoms with van der Waals surface area (Å²) >= 11 is 2.01. The van der Waals surface area contributed by atoms with Crippen molar-refractivity contribution in [3.63, 3.8) is 0 Å². The maximum absolute atomic E-state index is 11.1. The normalized spacial score (nSPS) is 22.9. The van der Waals surface area contributed by atoms with Crippen molar-refractivity contribution in [1.82, 2.24) is 21.3 Å². The number of amides is 4. The van der Waals surface area contributed by atoms with Crippen LogP contribution >= 0.6 is 11.8 Å². The van der Waals surface area contributed by atoms with Crippen molar-refractivity contribution in [1.29, 1.82) is 0 Å². The molecule has 0 aromatic heterocycles. The van der Waals surface area contributed by atoms with Crippen LogP contribution in [-0.4, -0.2) is 60.3 Å².